The Morgan fingerprint density at radius 2 is 2.09 bits per heavy atom. The molecule has 0 bridgehead atoms. The highest BCUT2D eigenvalue weighted by Gasteiger charge is 2.13. The van der Waals surface area contributed by atoms with Gasteiger partial charge in [-0.2, -0.15) is 5.10 Å². The molecule has 0 aliphatic rings. The number of aromatic nitrogens is 3. The number of halogens is 1. The number of anilines is 1. The third-order valence-electron chi connectivity index (χ3n) is 2.50. The normalized spacial score (nSPS) is 10.1. The van der Waals surface area contributed by atoms with E-state index in [0.29, 0.717) is 5.02 Å². The van der Waals surface area contributed by atoms with Crippen molar-refractivity contribution in [1.29, 1.82) is 0 Å². The predicted molar refractivity (Wildman–Crippen MR) is 77.6 cm³/mol. The molecule has 1 amide bonds. The summed E-state index contributed by atoms with van der Waals surface area (Å²) < 4.78 is 5.79. The number of nitrogens with one attached hydrogen (secondary N) is 1. The Bertz CT molecular complexity index is 757. The maximum atomic E-state index is 11.7. The third-order valence-corrected chi connectivity index (χ3v) is 2.72. The van der Waals surface area contributed by atoms with E-state index >= 15 is 0 Å². The highest BCUT2D eigenvalue weighted by Crippen LogP contribution is 2.09. The van der Waals surface area contributed by atoms with E-state index in [0.717, 1.165) is 4.68 Å². The molecule has 0 unspecified atom stereocenters. The van der Waals surface area contributed by atoms with Gasteiger partial charge in [0.1, 0.15) is 5.82 Å². The van der Waals surface area contributed by atoms with Crippen LogP contribution >= 0.6 is 11.6 Å². The predicted octanol–water partition coefficient (Wildman–Crippen LogP) is 0.624. The first-order chi connectivity index (χ1) is 10.5. The van der Waals surface area contributed by atoms with Crippen molar-refractivity contribution in [1.82, 2.24) is 14.8 Å². The second-order valence-electron chi connectivity index (χ2n) is 4.17. The van der Waals surface area contributed by atoms with Crippen LogP contribution < -0.4 is 10.9 Å². The lowest BCUT2D eigenvalue weighted by Crippen LogP contribution is -2.24. The van der Waals surface area contributed by atoms with E-state index in [1.807, 2.05) is 0 Å². The van der Waals surface area contributed by atoms with Gasteiger partial charge in [0.25, 0.3) is 11.5 Å². The van der Waals surface area contributed by atoms with E-state index in [2.05, 4.69) is 15.4 Å². The van der Waals surface area contributed by atoms with Crippen molar-refractivity contribution in [2.45, 2.75) is 0 Å². The highest BCUT2D eigenvalue weighted by molar-refractivity contribution is 6.30. The fraction of sp³-hybridized carbons (Fsp3) is 0.154. The second kappa shape index (κ2) is 6.81. The fourth-order valence-corrected chi connectivity index (χ4v) is 1.56. The number of aryl methyl sites for hydroxylation is 1. The Hall–Kier alpha value is -2.74. The molecule has 0 saturated carbocycles. The molecule has 0 aromatic carbocycles. The van der Waals surface area contributed by atoms with Crippen LogP contribution in [0.5, 0.6) is 0 Å². The van der Waals surface area contributed by atoms with Crippen LogP contribution in [0.15, 0.2) is 35.3 Å². The zero-order chi connectivity index (χ0) is 16.1. The molecule has 0 aliphatic carbocycles. The van der Waals surface area contributed by atoms with Gasteiger partial charge in [-0.25, -0.2) is 14.5 Å². The molecule has 0 saturated heterocycles. The number of hydrogen-bond acceptors (Lipinski definition) is 6. The molecule has 2 aromatic rings. The van der Waals surface area contributed by atoms with Crippen molar-refractivity contribution in [2.24, 2.45) is 7.05 Å². The molecule has 1 N–H and O–H groups in total. The minimum atomic E-state index is -0.810. The summed E-state index contributed by atoms with van der Waals surface area (Å²) in [4.78, 5) is 38.3. The number of ether oxygens (including phenoxy) is 1. The van der Waals surface area contributed by atoms with Gasteiger partial charge in [0.15, 0.2) is 12.3 Å². The number of nitrogens with zero attached hydrogens (tertiary/aromatic N) is 3. The van der Waals surface area contributed by atoms with Gasteiger partial charge in [-0.3, -0.25) is 9.59 Å². The minimum Gasteiger partial charge on any atom is -0.451 e. The lowest BCUT2D eigenvalue weighted by Gasteiger charge is -2.06. The third kappa shape index (κ3) is 4.13. The van der Waals surface area contributed by atoms with Gasteiger partial charge in [-0.1, -0.05) is 11.6 Å². The number of carbonyl (C=O) groups excluding carboxylic acids is 2. The van der Waals surface area contributed by atoms with Crippen LogP contribution in [0.3, 0.4) is 0 Å². The Morgan fingerprint density at radius 1 is 1.32 bits per heavy atom. The Kier molecular flexibility index (Phi) is 4.84. The quantitative estimate of drug-likeness (QED) is 0.828. The number of esters is 1. The van der Waals surface area contributed by atoms with Crippen LogP contribution in [0.25, 0.3) is 0 Å². The zero-order valence-electron chi connectivity index (χ0n) is 11.4. The van der Waals surface area contributed by atoms with Crippen molar-refractivity contribution >= 4 is 29.3 Å². The molecule has 0 aliphatic heterocycles. The first-order valence-corrected chi connectivity index (χ1v) is 6.46. The molecule has 9 heteroatoms. The monoisotopic (exact) mass is 322 g/mol. The summed E-state index contributed by atoms with van der Waals surface area (Å²) in [5, 5.41) is 6.59. The molecule has 22 heavy (non-hydrogen) atoms. The average molecular weight is 323 g/mol. The summed E-state index contributed by atoms with van der Waals surface area (Å²) in [6.07, 6.45) is 1.37. The molecular formula is C13H11ClN4O4. The van der Waals surface area contributed by atoms with E-state index in [1.54, 1.807) is 6.07 Å². The van der Waals surface area contributed by atoms with Crippen molar-refractivity contribution < 1.29 is 14.3 Å². The van der Waals surface area contributed by atoms with Crippen molar-refractivity contribution in [3.05, 3.63) is 51.5 Å². The van der Waals surface area contributed by atoms with Gasteiger partial charge in [-0.05, 0) is 18.2 Å². The average Bonchev–Trinajstić information content (AvgIpc) is 2.50. The lowest BCUT2D eigenvalue weighted by molar-refractivity contribution is -0.119. The van der Waals surface area contributed by atoms with Crippen molar-refractivity contribution in [3.8, 4) is 0 Å². The molecule has 2 heterocycles. The zero-order valence-corrected chi connectivity index (χ0v) is 12.2. The summed E-state index contributed by atoms with van der Waals surface area (Å²) in [6, 6.07) is 5.48. The topological polar surface area (TPSA) is 103 Å². The number of rotatable bonds is 4. The van der Waals surface area contributed by atoms with Crippen LogP contribution in [-0.2, 0) is 16.6 Å². The second-order valence-corrected chi connectivity index (χ2v) is 4.60. The van der Waals surface area contributed by atoms with Crippen LogP contribution in [0.2, 0.25) is 5.02 Å². The molecule has 114 valence electrons. The van der Waals surface area contributed by atoms with Gasteiger partial charge in [0.2, 0.25) is 0 Å². The standard InChI is InChI=1S/C13H11ClN4O4/c1-18-12(20)5-3-9(17-18)13(21)22-7-11(19)16-10-4-2-8(14)6-15-10/h2-6H,7H2,1H3,(H,15,16,19). The van der Waals surface area contributed by atoms with Crippen LogP contribution in [0, 0.1) is 0 Å². The molecule has 8 nitrogen and oxygen atoms in total. The Balaban J connectivity index is 1.90. The van der Waals surface area contributed by atoms with Gasteiger partial charge in [0.05, 0.1) is 5.02 Å². The first-order valence-electron chi connectivity index (χ1n) is 6.08. The number of pyridine rings is 1. The van der Waals surface area contributed by atoms with Crippen molar-refractivity contribution in [3.63, 3.8) is 0 Å². The number of carbonyl (C=O) groups is 2. The molecular weight excluding hydrogens is 312 g/mol. The maximum absolute atomic E-state index is 11.7. The molecule has 2 aromatic heterocycles. The van der Waals surface area contributed by atoms with Crippen LogP contribution in [0.1, 0.15) is 10.5 Å². The van der Waals surface area contributed by atoms with Crippen LogP contribution in [0.4, 0.5) is 5.82 Å². The van der Waals surface area contributed by atoms with Gasteiger partial charge < -0.3 is 10.1 Å². The smallest absolute Gasteiger partial charge is 0.359 e. The maximum Gasteiger partial charge on any atom is 0.359 e. The van der Waals surface area contributed by atoms with Crippen LogP contribution in [-0.4, -0.2) is 33.2 Å². The van der Waals surface area contributed by atoms with Gasteiger partial charge in [0, 0.05) is 19.3 Å². The molecule has 0 spiro atoms. The molecule has 0 atom stereocenters. The first kappa shape index (κ1) is 15.6. The van der Waals surface area contributed by atoms with E-state index in [4.69, 9.17) is 16.3 Å². The van der Waals surface area contributed by atoms with Gasteiger partial charge in [-0.15, -0.1) is 0 Å². The van der Waals surface area contributed by atoms with Gasteiger partial charge >= 0.3 is 5.97 Å². The summed E-state index contributed by atoms with van der Waals surface area (Å²) >= 11 is 5.67. The van der Waals surface area contributed by atoms with E-state index in [-0.39, 0.29) is 17.1 Å². The molecule has 2 rings (SSSR count). The number of amides is 1. The number of hydrogen-bond donors (Lipinski definition) is 1. The molecule has 0 fully saturated rings. The largest absolute Gasteiger partial charge is 0.451 e. The highest BCUT2D eigenvalue weighted by atomic mass is 35.5. The summed E-state index contributed by atoms with van der Waals surface area (Å²) in [7, 11) is 1.40. The van der Waals surface area contributed by atoms with E-state index in [1.165, 1.54) is 31.4 Å². The summed E-state index contributed by atoms with van der Waals surface area (Å²) in [5.41, 5.74) is -0.428. The van der Waals surface area contributed by atoms with Crippen molar-refractivity contribution in [2.75, 3.05) is 11.9 Å². The lowest BCUT2D eigenvalue weighted by atomic mass is 10.4. The minimum absolute atomic E-state index is 0.0699. The van der Waals surface area contributed by atoms with E-state index < -0.39 is 18.5 Å². The summed E-state index contributed by atoms with van der Waals surface area (Å²) in [5.74, 6) is -1.09. The Labute approximate surface area is 129 Å². The Morgan fingerprint density at radius 3 is 2.73 bits per heavy atom. The summed E-state index contributed by atoms with van der Waals surface area (Å²) in [6.45, 7) is -0.506. The molecule has 0 radical (unpaired) electrons. The van der Waals surface area contributed by atoms with E-state index in [9.17, 15) is 14.4 Å². The SMILES string of the molecule is Cn1nc(C(=O)OCC(=O)Nc2ccc(Cl)cn2)ccc1=O. The fourth-order valence-electron chi connectivity index (χ4n) is 1.44.